The minimum absolute atomic E-state index is 0.0236. The fourth-order valence-corrected chi connectivity index (χ4v) is 6.11. The van der Waals surface area contributed by atoms with Crippen molar-refractivity contribution in [2.75, 3.05) is 78.4 Å². The number of unbranched alkanes of at least 4 members (excludes halogenated alkanes) is 1. The quantitative estimate of drug-likeness (QED) is 0.0732. The van der Waals surface area contributed by atoms with Crippen molar-refractivity contribution in [3.05, 3.63) is 0 Å². The van der Waals surface area contributed by atoms with Crippen LogP contribution in [0.1, 0.15) is 44.9 Å². The second-order valence-electron chi connectivity index (χ2n) is 10.1. The number of carbonyl (C=O) groups is 5. The third-order valence-electron chi connectivity index (χ3n) is 6.79. The fourth-order valence-electron chi connectivity index (χ4n) is 4.57. The molecule has 3 rings (SSSR count). The van der Waals surface area contributed by atoms with Gasteiger partial charge in [-0.2, -0.15) is 11.8 Å². The van der Waals surface area contributed by atoms with Gasteiger partial charge in [-0.1, -0.05) is 6.42 Å². The number of fused-ring (bicyclic) bond motifs is 1. The van der Waals surface area contributed by atoms with E-state index in [0.717, 1.165) is 25.0 Å². The van der Waals surface area contributed by atoms with E-state index < -0.39 is 17.8 Å². The molecule has 16 heteroatoms. The van der Waals surface area contributed by atoms with E-state index in [4.69, 9.17) is 28.5 Å². The van der Waals surface area contributed by atoms with E-state index in [-0.39, 0.29) is 56.5 Å². The molecule has 3 N–H and O–H groups in total. The smallest absolute Gasteiger partial charge is 0.335 e. The van der Waals surface area contributed by atoms with Crippen LogP contribution < -0.4 is 16.0 Å². The molecule has 3 aliphatic heterocycles. The highest BCUT2D eigenvalue weighted by Crippen LogP contribution is 2.33. The van der Waals surface area contributed by atoms with Gasteiger partial charge in [-0.15, -0.1) is 5.06 Å². The predicted molar refractivity (Wildman–Crippen MR) is 153 cm³/mol. The predicted octanol–water partition coefficient (Wildman–Crippen LogP) is -0.0913. The number of nitrogens with zero attached hydrogens (tertiary/aromatic N) is 1. The molecule has 0 saturated carbocycles. The van der Waals surface area contributed by atoms with Gasteiger partial charge < -0.3 is 44.5 Å². The summed E-state index contributed by atoms with van der Waals surface area (Å²) < 4.78 is 27.0. The highest BCUT2D eigenvalue weighted by Gasteiger charge is 2.42. The molecule has 3 atom stereocenters. The highest BCUT2D eigenvalue weighted by atomic mass is 32.2. The molecular formula is C27H44N4O11S. The monoisotopic (exact) mass is 632 g/mol. The Morgan fingerprint density at radius 3 is 1.98 bits per heavy atom. The largest absolute Gasteiger partial charge is 0.378 e. The Morgan fingerprint density at radius 2 is 1.35 bits per heavy atom. The van der Waals surface area contributed by atoms with E-state index in [0.29, 0.717) is 76.1 Å². The lowest BCUT2D eigenvalue weighted by molar-refractivity contribution is -0.198. The molecule has 0 spiro atoms. The van der Waals surface area contributed by atoms with Crippen molar-refractivity contribution in [3.63, 3.8) is 0 Å². The molecule has 3 saturated heterocycles. The lowest BCUT2D eigenvalue weighted by Gasteiger charge is -2.16. The van der Waals surface area contributed by atoms with E-state index in [1.165, 1.54) is 0 Å². The molecule has 43 heavy (non-hydrogen) atoms. The van der Waals surface area contributed by atoms with Crippen LogP contribution in [0, 0.1) is 0 Å². The summed E-state index contributed by atoms with van der Waals surface area (Å²) in [5.74, 6) is -0.755. The molecule has 0 unspecified atom stereocenters. The summed E-state index contributed by atoms with van der Waals surface area (Å²) in [6.07, 6.45) is 3.31. The first-order valence-corrected chi connectivity index (χ1v) is 15.9. The summed E-state index contributed by atoms with van der Waals surface area (Å²) in [5, 5.41) is 9.73. The van der Waals surface area contributed by atoms with E-state index in [9.17, 15) is 24.0 Å². The molecule has 0 aromatic rings. The van der Waals surface area contributed by atoms with Gasteiger partial charge in [-0.05, 0) is 12.8 Å². The molecule has 0 aromatic heterocycles. The maximum atomic E-state index is 12.0. The Labute approximate surface area is 255 Å². The first kappa shape index (κ1) is 35.0. The number of hydrogen-bond acceptors (Lipinski definition) is 12. The second-order valence-corrected chi connectivity index (χ2v) is 11.3. The zero-order valence-electron chi connectivity index (χ0n) is 24.5. The van der Waals surface area contributed by atoms with Crippen LogP contribution in [0.15, 0.2) is 0 Å². The van der Waals surface area contributed by atoms with Gasteiger partial charge in [0, 0.05) is 36.8 Å². The summed E-state index contributed by atoms with van der Waals surface area (Å²) in [4.78, 5) is 62.6. The lowest BCUT2D eigenvalue weighted by atomic mass is 10.0. The van der Waals surface area contributed by atoms with Crippen LogP contribution in [0.25, 0.3) is 0 Å². The molecule has 0 radical (unpaired) electrons. The number of nitrogens with one attached hydrogen (secondary N) is 3. The van der Waals surface area contributed by atoms with Gasteiger partial charge in [0.2, 0.25) is 5.91 Å². The standard InChI is InChI=1S/C27H44N4O11S/c32-22(4-2-1-3-21-26-20(19-43-21)29-27(36)30-26)28-8-10-38-12-14-40-16-18-41-17-15-39-13-11-37-9-7-25(35)42-31-23(33)5-6-24(31)34/h20-21,26H,1-19H2,(H,28,32)(H2,29,30,36)/t20-,21-,26-/m0/s1. The number of hydrogen-bond donors (Lipinski definition) is 3. The molecule has 0 aromatic carbocycles. The molecular weight excluding hydrogens is 588 g/mol. The van der Waals surface area contributed by atoms with Gasteiger partial charge in [-0.3, -0.25) is 14.4 Å². The molecule has 3 fully saturated rings. The Morgan fingerprint density at radius 1 is 0.767 bits per heavy atom. The Bertz CT molecular complexity index is 896. The number of ether oxygens (including phenoxy) is 5. The molecule has 15 nitrogen and oxygen atoms in total. The SMILES string of the molecule is O=C(CCCC[C@@H]1SC[C@@H]2NC(=O)N[C@@H]21)NCCOCCOCCOCCOCCOCCC(=O)ON1C(=O)CCC1=O. The number of hydroxylamine groups is 2. The summed E-state index contributed by atoms with van der Waals surface area (Å²) in [5.41, 5.74) is 0. The van der Waals surface area contributed by atoms with Crippen molar-refractivity contribution in [2.45, 2.75) is 62.3 Å². The van der Waals surface area contributed by atoms with Crippen LogP contribution in [0.2, 0.25) is 0 Å². The van der Waals surface area contributed by atoms with Crippen LogP contribution in [0.4, 0.5) is 4.79 Å². The number of carbonyl (C=O) groups excluding carboxylic acids is 5. The maximum Gasteiger partial charge on any atom is 0.335 e. The second kappa shape index (κ2) is 20.5. The van der Waals surface area contributed by atoms with Crippen molar-refractivity contribution in [1.29, 1.82) is 0 Å². The summed E-state index contributed by atoms with van der Waals surface area (Å²) in [7, 11) is 0. The molecule has 0 bridgehead atoms. The number of rotatable bonds is 24. The van der Waals surface area contributed by atoms with Crippen molar-refractivity contribution < 1.29 is 52.5 Å². The lowest BCUT2D eigenvalue weighted by Crippen LogP contribution is -2.36. The third kappa shape index (κ3) is 13.8. The van der Waals surface area contributed by atoms with Crippen molar-refractivity contribution in [2.24, 2.45) is 0 Å². The average Bonchev–Trinajstić information content (AvgIpc) is 3.64. The summed E-state index contributed by atoms with van der Waals surface area (Å²) in [6, 6.07) is 0.377. The van der Waals surface area contributed by atoms with Gasteiger partial charge in [0.1, 0.15) is 0 Å². The van der Waals surface area contributed by atoms with E-state index in [2.05, 4.69) is 16.0 Å². The zero-order chi connectivity index (χ0) is 30.7. The summed E-state index contributed by atoms with van der Waals surface area (Å²) >= 11 is 1.89. The van der Waals surface area contributed by atoms with E-state index in [1.807, 2.05) is 11.8 Å². The molecule has 244 valence electrons. The number of thioether (sulfide) groups is 1. The zero-order valence-corrected chi connectivity index (χ0v) is 25.3. The maximum absolute atomic E-state index is 12.0. The van der Waals surface area contributed by atoms with E-state index >= 15 is 0 Å². The third-order valence-corrected chi connectivity index (χ3v) is 8.30. The van der Waals surface area contributed by atoms with Crippen LogP contribution in [-0.2, 0) is 47.7 Å². The fraction of sp³-hybridized carbons (Fsp3) is 0.815. The van der Waals surface area contributed by atoms with Crippen LogP contribution in [0.3, 0.4) is 0 Å². The molecule has 3 aliphatic rings. The molecule has 3 heterocycles. The van der Waals surface area contributed by atoms with Gasteiger partial charge in [0.25, 0.3) is 11.8 Å². The van der Waals surface area contributed by atoms with Crippen LogP contribution in [0.5, 0.6) is 0 Å². The van der Waals surface area contributed by atoms with Crippen molar-refractivity contribution >= 4 is 41.5 Å². The Kier molecular flexibility index (Phi) is 16.6. The number of amides is 5. The average molecular weight is 633 g/mol. The van der Waals surface area contributed by atoms with Crippen LogP contribution >= 0.6 is 11.8 Å². The minimum atomic E-state index is -0.703. The summed E-state index contributed by atoms with van der Waals surface area (Å²) in [6.45, 7) is 4.08. The normalized spacial score (nSPS) is 21.2. The number of imide groups is 1. The molecule has 0 aliphatic carbocycles. The topological polar surface area (TPSA) is 180 Å². The Balaban J connectivity index is 0.977. The van der Waals surface area contributed by atoms with Gasteiger partial charge in [-0.25, -0.2) is 9.59 Å². The first-order chi connectivity index (χ1) is 20.9. The minimum Gasteiger partial charge on any atom is -0.378 e. The van der Waals surface area contributed by atoms with Gasteiger partial charge in [0.15, 0.2) is 0 Å². The highest BCUT2D eigenvalue weighted by molar-refractivity contribution is 8.00. The van der Waals surface area contributed by atoms with Gasteiger partial charge >= 0.3 is 12.0 Å². The first-order valence-electron chi connectivity index (χ1n) is 14.8. The molecule has 5 amide bonds. The van der Waals surface area contributed by atoms with Crippen molar-refractivity contribution in [1.82, 2.24) is 21.0 Å². The Hall–Kier alpha value is -2.50. The van der Waals surface area contributed by atoms with E-state index in [1.54, 1.807) is 0 Å². The van der Waals surface area contributed by atoms with Crippen LogP contribution in [-0.4, -0.2) is 130 Å². The van der Waals surface area contributed by atoms with Crippen molar-refractivity contribution in [3.8, 4) is 0 Å². The van der Waals surface area contributed by atoms with Gasteiger partial charge in [0.05, 0.1) is 84.6 Å². The number of urea groups is 1.